The van der Waals surface area contributed by atoms with Gasteiger partial charge in [0, 0.05) is 18.3 Å². The lowest BCUT2D eigenvalue weighted by Crippen LogP contribution is -2.40. The Morgan fingerprint density at radius 1 is 1.69 bits per heavy atom. The van der Waals surface area contributed by atoms with Gasteiger partial charge in [-0.05, 0) is 13.3 Å². The van der Waals surface area contributed by atoms with Crippen LogP contribution < -0.4 is 10.6 Å². The number of nitrogens with zero attached hydrogens (tertiary/aromatic N) is 1. The average Bonchev–Trinajstić information content (AvgIpc) is 2.65. The molecule has 1 atom stereocenters. The molecule has 0 saturated carbocycles. The molecule has 2 heterocycles. The zero-order valence-corrected chi connectivity index (χ0v) is 9.76. The number of rotatable bonds is 2. The molecule has 1 saturated heterocycles. The van der Waals surface area contributed by atoms with Crippen LogP contribution in [0.15, 0.2) is 5.38 Å². The zero-order valence-electron chi connectivity index (χ0n) is 8.95. The molecule has 2 amide bonds. The van der Waals surface area contributed by atoms with E-state index in [0.717, 1.165) is 5.69 Å². The molecule has 5 nitrogen and oxygen atoms in total. The monoisotopic (exact) mass is 239 g/mol. The van der Waals surface area contributed by atoms with E-state index in [1.165, 1.54) is 11.3 Å². The van der Waals surface area contributed by atoms with E-state index < -0.39 is 0 Å². The molecule has 2 rings (SSSR count). The highest BCUT2D eigenvalue weighted by Crippen LogP contribution is 2.17. The Kier molecular flexibility index (Phi) is 3.19. The van der Waals surface area contributed by atoms with E-state index in [1.807, 2.05) is 12.3 Å². The minimum absolute atomic E-state index is 0.0224. The van der Waals surface area contributed by atoms with E-state index >= 15 is 0 Å². The highest BCUT2D eigenvalue weighted by atomic mass is 32.1. The Bertz CT molecular complexity index is 406. The Balaban J connectivity index is 1.91. The number of hydrogen-bond donors (Lipinski definition) is 2. The maximum Gasteiger partial charge on any atom is 0.231 e. The molecular formula is C10H13N3O2S. The van der Waals surface area contributed by atoms with Gasteiger partial charge in [0.2, 0.25) is 11.8 Å². The van der Waals surface area contributed by atoms with E-state index in [9.17, 15) is 9.59 Å². The van der Waals surface area contributed by atoms with Crippen LogP contribution in [-0.4, -0.2) is 23.3 Å². The largest absolute Gasteiger partial charge is 0.355 e. The zero-order chi connectivity index (χ0) is 11.5. The van der Waals surface area contributed by atoms with Gasteiger partial charge in [0.1, 0.15) is 0 Å². The van der Waals surface area contributed by atoms with Crippen LogP contribution in [0.3, 0.4) is 0 Å². The number of carbonyl (C=O) groups excluding carboxylic acids is 2. The van der Waals surface area contributed by atoms with Crippen molar-refractivity contribution in [2.45, 2.75) is 19.8 Å². The first kappa shape index (κ1) is 11.1. The molecule has 0 bridgehead atoms. The Hall–Kier alpha value is -1.43. The van der Waals surface area contributed by atoms with Gasteiger partial charge in [-0.3, -0.25) is 9.59 Å². The smallest absolute Gasteiger partial charge is 0.231 e. The van der Waals surface area contributed by atoms with Crippen LogP contribution in [0.5, 0.6) is 0 Å². The third kappa shape index (κ3) is 2.57. The highest BCUT2D eigenvalue weighted by Gasteiger charge is 2.24. The van der Waals surface area contributed by atoms with Crippen molar-refractivity contribution in [1.82, 2.24) is 10.3 Å². The van der Waals surface area contributed by atoms with Gasteiger partial charge in [0.05, 0.1) is 11.6 Å². The van der Waals surface area contributed by atoms with Gasteiger partial charge in [-0.1, -0.05) is 0 Å². The summed E-state index contributed by atoms with van der Waals surface area (Å²) < 4.78 is 0. The first-order chi connectivity index (χ1) is 7.65. The van der Waals surface area contributed by atoms with Crippen molar-refractivity contribution in [2.75, 3.05) is 11.9 Å². The number of carbonyl (C=O) groups is 2. The maximum atomic E-state index is 11.8. The molecule has 0 radical (unpaired) electrons. The summed E-state index contributed by atoms with van der Waals surface area (Å²) >= 11 is 1.41. The fourth-order valence-electron chi connectivity index (χ4n) is 1.58. The summed E-state index contributed by atoms with van der Waals surface area (Å²) in [5.74, 6) is -0.176. The second kappa shape index (κ2) is 4.61. The molecule has 2 N–H and O–H groups in total. The van der Waals surface area contributed by atoms with Gasteiger partial charge < -0.3 is 10.6 Å². The number of aryl methyl sites for hydroxylation is 1. The highest BCUT2D eigenvalue weighted by molar-refractivity contribution is 7.13. The lowest BCUT2D eigenvalue weighted by Gasteiger charge is -2.20. The quantitative estimate of drug-likeness (QED) is 0.806. The summed E-state index contributed by atoms with van der Waals surface area (Å²) in [6.45, 7) is 2.31. The molecule has 16 heavy (non-hydrogen) atoms. The lowest BCUT2D eigenvalue weighted by molar-refractivity contribution is -0.126. The van der Waals surface area contributed by atoms with E-state index in [-0.39, 0.29) is 17.7 Å². The predicted molar refractivity (Wildman–Crippen MR) is 61.2 cm³/mol. The second-order valence-corrected chi connectivity index (χ2v) is 4.68. The molecule has 0 unspecified atom stereocenters. The van der Waals surface area contributed by atoms with Crippen LogP contribution in [-0.2, 0) is 9.59 Å². The topological polar surface area (TPSA) is 71.1 Å². The summed E-state index contributed by atoms with van der Waals surface area (Å²) in [5.41, 5.74) is 0.900. The van der Waals surface area contributed by atoms with Crippen molar-refractivity contribution in [2.24, 2.45) is 5.92 Å². The van der Waals surface area contributed by atoms with Crippen molar-refractivity contribution in [1.29, 1.82) is 0 Å². The van der Waals surface area contributed by atoms with Gasteiger partial charge in [-0.2, -0.15) is 0 Å². The Labute approximate surface area is 97.3 Å². The van der Waals surface area contributed by atoms with E-state index in [0.29, 0.717) is 24.5 Å². The first-order valence-electron chi connectivity index (χ1n) is 5.15. The molecule has 0 aliphatic carbocycles. The van der Waals surface area contributed by atoms with Crippen LogP contribution in [0.4, 0.5) is 5.13 Å². The summed E-state index contributed by atoms with van der Waals surface area (Å²) in [4.78, 5) is 26.9. The number of amides is 2. The molecule has 6 heteroatoms. The molecule has 0 spiro atoms. The molecule has 1 fully saturated rings. The van der Waals surface area contributed by atoms with Crippen molar-refractivity contribution in [3.05, 3.63) is 11.1 Å². The van der Waals surface area contributed by atoms with Crippen molar-refractivity contribution >= 4 is 28.3 Å². The standard InChI is InChI=1S/C10H13N3O2S/c1-6-5-16-10(12-6)13-9(15)7-2-3-8(14)11-4-7/h5,7H,2-4H2,1H3,(H,11,14)(H,12,13,15)/t7-/m1/s1. The summed E-state index contributed by atoms with van der Waals surface area (Å²) in [7, 11) is 0. The van der Waals surface area contributed by atoms with Crippen molar-refractivity contribution in [3.63, 3.8) is 0 Å². The van der Waals surface area contributed by atoms with Crippen LogP contribution in [0.1, 0.15) is 18.5 Å². The van der Waals surface area contributed by atoms with Gasteiger partial charge in [-0.15, -0.1) is 11.3 Å². The second-order valence-electron chi connectivity index (χ2n) is 3.82. The number of aromatic nitrogens is 1. The van der Waals surface area contributed by atoms with Gasteiger partial charge >= 0.3 is 0 Å². The molecule has 1 aromatic rings. The van der Waals surface area contributed by atoms with E-state index in [1.54, 1.807) is 0 Å². The van der Waals surface area contributed by atoms with Crippen molar-refractivity contribution < 1.29 is 9.59 Å². The third-order valence-electron chi connectivity index (χ3n) is 2.49. The Morgan fingerprint density at radius 2 is 2.50 bits per heavy atom. The number of anilines is 1. The van der Waals surface area contributed by atoms with Crippen LogP contribution in [0.2, 0.25) is 0 Å². The number of nitrogens with one attached hydrogen (secondary N) is 2. The summed E-state index contributed by atoms with van der Waals surface area (Å²) in [6, 6.07) is 0. The van der Waals surface area contributed by atoms with E-state index in [2.05, 4.69) is 15.6 Å². The normalized spacial score (nSPS) is 20.3. The first-order valence-corrected chi connectivity index (χ1v) is 6.03. The average molecular weight is 239 g/mol. The number of piperidine rings is 1. The fourth-order valence-corrected chi connectivity index (χ4v) is 2.27. The van der Waals surface area contributed by atoms with Crippen LogP contribution >= 0.6 is 11.3 Å². The molecule has 1 aliphatic heterocycles. The summed E-state index contributed by atoms with van der Waals surface area (Å²) in [5, 5.41) is 7.96. The minimum atomic E-state index is -0.137. The van der Waals surface area contributed by atoms with Gasteiger partial charge in [0.15, 0.2) is 5.13 Å². The fraction of sp³-hybridized carbons (Fsp3) is 0.500. The van der Waals surface area contributed by atoms with E-state index in [4.69, 9.17) is 0 Å². The predicted octanol–water partition coefficient (Wildman–Crippen LogP) is 0.916. The van der Waals surface area contributed by atoms with Gasteiger partial charge in [0.25, 0.3) is 0 Å². The summed E-state index contributed by atoms with van der Waals surface area (Å²) in [6.07, 6.45) is 1.04. The molecule has 0 aromatic carbocycles. The van der Waals surface area contributed by atoms with Crippen molar-refractivity contribution in [3.8, 4) is 0 Å². The SMILES string of the molecule is Cc1csc(NC(=O)[C@@H]2CCC(=O)NC2)n1. The van der Waals surface area contributed by atoms with Crippen LogP contribution in [0.25, 0.3) is 0 Å². The molecule has 86 valence electrons. The number of hydrogen-bond acceptors (Lipinski definition) is 4. The number of thiazole rings is 1. The molecule has 1 aliphatic rings. The maximum absolute atomic E-state index is 11.8. The third-order valence-corrected chi connectivity index (χ3v) is 3.36. The lowest BCUT2D eigenvalue weighted by atomic mass is 9.98. The van der Waals surface area contributed by atoms with Gasteiger partial charge in [-0.25, -0.2) is 4.98 Å². The van der Waals surface area contributed by atoms with Crippen LogP contribution in [0, 0.1) is 12.8 Å². The Morgan fingerprint density at radius 3 is 3.06 bits per heavy atom. The minimum Gasteiger partial charge on any atom is -0.355 e. The molecular weight excluding hydrogens is 226 g/mol. The molecule has 1 aromatic heterocycles.